The fraction of sp³-hybridized carbons (Fsp3) is 0. The minimum atomic E-state index is -0.568. The van der Waals surface area contributed by atoms with Gasteiger partial charge in [-0.05, 0) is 72.8 Å². The van der Waals surface area contributed by atoms with Crippen molar-refractivity contribution in [2.24, 2.45) is 0 Å². The van der Waals surface area contributed by atoms with Gasteiger partial charge in [-0.1, -0.05) is 12.1 Å². The fourth-order valence-electron chi connectivity index (χ4n) is 4.00. The lowest BCUT2D eigenvalue weighted by Crippen LogP contribution is -2.27. The highest BCUT2D eigenvalue weighted by Crippen LogP contribution is 2.46. The van der Waals surface area contributed by atoms with Crippen molar-refractivity contribution in [3.63, 3.8) is 0 Å². The van der Waals surface area contributed by atoms with Gasteiger partial charge in [0.05, 0.1) is 5.69 Å². The zero-order chi connectivity index (χ0) is 26.1. The van der Waals surface area contributed by atoms with Crippen molar-refractivity contribution >= 4 is 23.1 Å². The van der Waals surface area contributed by atoms with E-state index in [9.17, 15) is 14.0 Å². The first-order valence-corrected chi connectivity index (χ1v) is 11.6. The van der Waals surface area contributed by atoms with E-state index >= 15 is 0 Å². The molecule has 2 aromatic heterocycles. The lowest BCUT2D eigenvalue weighted by atomic mass is 10.2. The number of fused-ring (bicyclic) bond motifs is 2. The second-order valence-corrected chi connectivity index (χ2v) is 8.36. The SMILES string of the molecule is O=C(Nc1ccc(Oc2ccnc3c2Oc2ccccc2N3)cc1)c1cccn(-c2ccc(F)cc2)c1=O. The number of rotatable bonds is 5. The Morgan fingerprint density at radius 1 is 0.947 bits per heavy atom. The fourth-order valence-corrected chi connectivity index (χ4v) is 4.00. The minimum Gasteiger partial charge on any atom is -0.453 e. The van der Waals surface area contributed by atoms with Crippen LogP contribution in [0.5, 0.6) is 23.0 Å². The highest BCUT2D eigenvalue weighted by molar-refractivity contribution is 6.04. The molecule has 5 aromatic rings. The molecule has 3 heterocycles. The van der Waals surface area contributed by atoms with Crippen LogP contribution in [-0.4, -0.2) is 15.5 Å². The summed E-state index contributed by atoms with van der Waals surface area (Å²) in [7, 11) is 0. The number of halogens is 1. The molecule has 0 fully saturated rings. The maximum atomic E-state index is 13.3. The molecule has 0 bridgehead atoms. The molecule has 0 saturated heterocycles. The largest absolute Gasteiger partial charge is 0.453 e. The van der Waals surface area contributed by atoms with Crippen molar-refractivity contribution in [2.45, 2.75) is 0 Å². The van der Waals surface area contributed by atoms with E-state index in [1.165, 1.54) is 41.1 Å². The number of hydrogen-bond acceptors (Lipinski definition) is 6. The lowest BCUT2D eigenvalue weighted by Gasteiger charge is -2.22. The third kappa shape index (κ3) is 4.44. The Morgan fingerprint density at radius 2 is 1.74 bits per heavy atom. The van der Waals surface area contributed by atoms with Gasteiger partial charge in [-0.3, -0.25) is 14.2 Å². The summed E-state index contributed by atoms with van der Waals surface area (Å²) < 4.78 is 26.6. The number of para-hydroxylation sites is 2. The summed E-state index contributed by atoms with van der Waals surface area (Å²) in [5.74, 6) is 1.67. The van der Waals surface area contributed by atoms with Gasteiger partial charge in [0, 0.05) is 29.8 Å². The highest BCUT2D eigenvalue weighted by Gasteiger charge is 2.21. The molecule has 0 radical (unpaired) electrons. The third-order valence-electron chi connectivity index (χ3n) is 5.86. The van der Waals surface area contributed by atoms with Crippen molar-refractivity contribution < 1.29 is 18.7 Å². The molecule has 8 nitrogen and oxygen atoms in total. The number of amides is 1. The van der Waals surface area contributed by atoms with Crippen LogP contribution < -0.4 is 25.7 Å². The maximum Gasteiger partial charge on any atom is 0.267 e. The zero-order valence-corrected chi connectivity index (χ0v) is 19.7. The van der Waals surface area contributed by atoms with Crippen LogP contribution in [-0.2, 0) is 0 Å². The second-order valence-electron chi connectivity index (χ2n) is 8.36. The van der Waals surface area contributed by atoms with Gasteiger partial charge in [0.2, 0.25) is 5.75 Å². The number of hydrogen-bond donors (Lipinski definition) is 2. The van der Waals surface area contributed by atoms with Crippen molar-refractivity contribution in [3.05, 3.63) is 125 Å². The molecule has 6 rings (SSSR count). The molecule has 1 amide bonds. The Labute approximate surface area is 215 Å². The van der Waals surface area contributed by atoms with Gasteiger partial charge >= 0.3 is 0 Å². The summed E-state index contributed by atoms with van der Waals surface area (Å²) in [4.78, 5) is 30.1. The molecule has 1 aliphatic rings. The number of carbonyl (C=O) groups excluding carboxylic acids is 1. The van der Waals surface area contributed by atoms with Crippen molar-refractivity contribution in [3.8, 4) is 28.7 Å². The predicted octanol–water partition coefficient (Wildman–Crippen LogP) is 6.27. The van der Waals surface area contributed by atoms with E-state index in [0.717, 1.165) is 5.69 Å². The van der Waals surface area contributed by atoms with Crippen LogP contribution in [0.3, 0.4) is 0 Å². The van der Waals surface area contributed by atoms with E-state index in [1.807, 2.05) is 24.3 Å². The average molecular weight is 506 g/mol. The van der Waals surface area contributed by atoms with Crippen LogP contribution in [0.1, 0.15) is 10.4 Å². The molecule has 0 saturated carbocycles. The molecule has 0 spiro atoms. The van der Waals surface area contributed by atoms with Crippen molar-refractivity contribution in [2.75, 3.05) is 10.6 Å². The van der Waals surface area contributed by atoms with Crippen LogP contribution in [0.2, 0.25) is 0 Å². The normalized spacial score (nSPS) is 11.4. The molecule has 2 N–H and O–H groups in total. The first kappa shape index (κ1) is 23.0. The zero-order valence-electron chi connectivity index (χ0n) is 19.7. The Balaban J connectivity index is 1.18. The van der Waals surface area contributed by atoms with E-state index < -0.39 is 17.3 Å². The Morgan fingerprint density at radius 3 is 2.55 bits per heavy atom. The first-order chi connectivity index (χ1) is 18.5. The summed E-state index contributed by atoms with van der Waals surface area (Å²) in [6, 6.07) is 24.4. The van der Waals surface area contributed by atoms with Crippen LogP contribution in [0.4, 0.5) is 21.6 Å². The van der Waals surface area contributed by atoms with Gasteiger partial charge in [0.1, 0.15) is 17.1 Å². The molecule has 9 heteroatoms. The van der Waals surface area contributed by atoms with Crippen LogP contribution in [0.25, 0.3) is 5.69 Å². The summed E-state index contributed by atoms with van der Waals surface area (Å²) in [6.07, 6.45) is 3.14. The first-order valence-electron chi connectivity index (χ1n) is 11.6. The van der Waals surface area contributed by atoms with E-state index in [-0.39, 0.29) is 5.56 Å². The number of ether oxygens (including phenoxy) is 2. The highest BCUT2D eigenvalue weighted by atomic mass is 19.1. The van der Waals surface area contributed by atoms with Gasteiger partial charge in [-0.25, -0.2) is 9.37 Å². The molecule has 1 aliphatic heterocycles. The van der Waals surface area contributed by atoms with Crippen LogP contribution in [0, 0.1) is 5.82 Å². The molecule has 0 atom stereocenters. The Hall–Kier alpha value is -5.44. The number of nitrogens with zero attached hydrogens (tertiary/aromatic N) is 2. The van der Waals surface area contributed by atoms with Crippen molar-refractivity contribution in [1.82, 2.24) is 9.55 Å². The van der Waals surface area contributed by atoms with E-state index in [0.29, 0.717) is 40.2 Å². The standard InChI is InChI=1S/C29H19FN4O4/c30-18-7-11-20(12-8-18)34-17-3-4-22(29(34)36)28(35)32-19-9-13-21(14-10-19)37-25-15-16-31-27-26(25)38-24-6-2-1-5-23(24)33-27/h1-17H,(H,31,33)(H,32,35). The molecule has 186 valence electrons. The lowest BCUT2D eigenvalue weighted by molar-refractivity contribution is 0.102. The van der Waals surface area contributed by atoms with Gasteiger partial charge in [0.25, 0.3) is 11.5 Å². The van der Waals surface area contributed by atoms with Crippen molar-refractivity contribution in [1.29, 1.82) is 0 Å². The van der Waals surface area contributed by atoms with Crippen LogP contribution >= 0.6 is 0 Å². The number of anilines is 3. The predicted molar refractivity (Wildman–Crippen MR) is 141 cm³/mol. The average Bonchev–Trinajstić information content (AvgIpc) is 2.94. The molecule has 38 heavy (non-hydrogen) atoms. The van der Waals surface area contributed by atoms with Crippen LogP contribution in [0.15, 0.2) is 108 Å². The number of carbonyl (C=O) groups is 1. The number of aromatic nitrogens is 2. The molecule has 0 aliphatic carbocycles. The molecular weight excluding hydrogens is 487 g/mol. The van der Waals surface area contributed by atoms with Gasteiger partial charge in [-0.15, -0.1) is 0 Å². The van der Waals surface area contributed by atoms with Gasteiger partial charge < -0.3 is 20.1 Å². The monoisotopic (exact) mass is 506 g/mol. The summed E-state index contributed by atoms with van der Waals surface area (Å²) >= 11 is 0. The van der Waals surface area contributed by atoms with E-state index in [2.05, 4.69) is 15.6 Å². The van der Waals surface area contributed by atoms with Gasteiger partial charge in [0.15, 0.2) is 17.3 Å². The van der Waals surface area contributed by atoms with E-state index in [4.69, 9.17) is 9.47 Å². The number of benzene rings is 3. The summed E-state index contributed by atoms with van der Waals surface area (Å²) in [6.45, 7) is 0. The van der Waals surface area contributed by atoms with E-state index in [1.54, 1.807) is 42.6 Å². The summed E-state index contributed by atoms with van der Waals surface area (Å²) in [5.41, 5.74) is 1.17. The maximum absolute atomic E-state index is 13.3. The summed E-state index contributed by atoms with van der Waals surface area (Å²) in [5, 5.41) is 5.95. The topological polar surface area (TPSA) is 94.5 Å². The Bertz CT molecular complexity index is 1720. The quantitative estimate of drug-likeness (QED) is 0.286. The number of nitrogens with one attached hydrogen (secondary N) is 2. The van der Waals surface area contributed by atoms with Gasteiger partial charge in [-0.2, -0.15) is 0 Å². The second kappa shape index (κ2) is 9.55. The third-order valence-corrected chi connectivity index (χ3v) is 5.86. The number of pyridine rings is 2. The Kier molecular flexibility index (Phi) is 5.78. The minimum absolute atomic E-state index is 0.0505. The molecular formula is C29H19FN4O4. The smallest absolute Gasteiger partial charge is 0.267 e. The molecule has 3 aromatic carbocycles. The molecule has 0 unspecified atom stereocenters.